The molecule has 2 N–H and O–H groups in total. The summed E-state index contributed by atoms with van der Waals surface area (Å²) in [5, 5.41) is 13.2. The van der Waals surface area contributed by atoms with Crippen molar-refractivity contribution in [2.75, 3.05) is 24.3 Å². The first-order valence-electron chi connectivity index (χ1n) is 6.13. The maximum atomic E-state index is 12.1. The third kappa shape index (κ3) is 3.19. The molecule has 0 aliphatic rings. The highest BCUT2D eigenvalue weighted by Crippen LogP contribution is 2.16. The molecule has 0 fully saturated rings. The minimum absolute atomic E-state index is 0.258. The van der Waals surface area contributed by atoms with E-state index >= 15 is 0 Å². The molecule has 7 heteroatoms. The first kappa shape index (κ1) is 13.7. The van der Waals surface area contributed by atoms with Crippen LogP contribution in [-0.2, 0) is 6.54 Å². The Morgan fingerprint density at radius 2 is 2.05 bits per heavy atom. The van der Waals surface area contributed by atoms with E-state index in [2.05, 4.69) is 25.8 Å². The van der Waals surface area contributed by atoms with Crippen LogP contribution < -0.4 is 15.5 Å². The van der Waals surface area contributed by atoms with Gasteiger partial charge in [-0.25, -0.2) is 9.78 Å². The number of benzene rings is 1. The van der Waals surface area contributed by atoms with Crippen molar-refractivity contribution < 1.29 is 4.79 Å². The predicted molar refractivity (Wildman–Crippen MR) is 76.5 cm³/mol. The number of nitrogens with zero attached hydrogens (tertiary/aromatic N) is 4. The lowest BCUT2D eigenvalue weighted by molar-refractivity contribution is 0.247. The fourth-order valence-electron chi connectivity index (χ4n) is 1.67. The molecular formula is C13H16N6O. The molecule has 7 nitrogen and oxygen atoms in total. The second kappa shape index (κ2) is 6.46. The van der Waals surface area contributed by atoms with Gasteiger partial charge < -0.3 is 10.6 Å². The molecule has 2 amide bonds. The molecule has 0 unspecified atom stereocenters. The van der Waals surface area contributed by atoms with Gasteiger partial charge in [-0.15, -0.1) is 10.2 Å². The highest BCUT2D eigenvalue weighted by Gasteiger charge is 2.16. The molecule has 0 saturated heterocycles. The maximum absolute atomic E-state index is 12.1. The van der Waals surface area contributed by atoms with E-state index < -0.39 is 0 Å². The summed E-state index contributed by atoms with van der Waals surface area (Å²) in [7, 11) is 3.33. The SMILES string of the molecule is CNc1nncnc1N(C)C(=O)NCc1ccccc1. The Hall–Kier alpha value is -2.70. The number of anilines is 2. The average Bonchev–Trinajstić information content (AvgIpc) is 2.52. The van der Waals surface area contributed by atoms with Crippen molar-refractivity contribution in [2.45, 2.75) is 6.54 Å². The summed E-state index contributed by atoms with van der Waals surface area (Å²) in [5.41, 5.74) is 1.03. The molecule has 0 saturated carbocycles. The molecule has 0 aliphatic carbocycles. The Morgan fingerprint density at radius 3 is 2.75 bits per heavy atom. The van der Waals surface area contributed by atoms with Crippen LogP contribution in [-0.4, -0.2) is 35.3 Å². The van der Waals surface area contributed by atoms with Crippen molar-refractivity contribution >= 4 is 17.7 Å². The van der Waals surface area contributed by atoms with Gasteiger partial charge in [0.25, 0.3) is 0 Å². The van der Waals surface area contributed by atoms with Crippen LogP contribution >= 0.6 is 0 Å². The van der Waals surface area contributed by atoms with Gasteiger partial charge in [0.05, 0.1) is 0 Å². The van der Waals surface area contributed by atoms with Gasteiger partial charge in [-0.3, -0.25) is 4.90 Å². The third-order valence-corrected chi connectivity index (χ3v) is 2.75. The summed E-state index contributed by atoms with van der Waals surface area (Å²) in [6.45, 7) is 0.456. The molecule has 20 heavy (non-hydrogen) atoms. The van der Waals surface area contributed by atoms with Crippen LogP contribution in [0, 0.1) is 0 Å². The minimum atomic E-state index is -0.258. The summed E-state index contributed by atoms with van der Waals surface area (Å²) in [4.78, 5) is 17.5. The Morgan fingerprint density at radius 1 is 1.30 bits per heavy atom. The van der Waals surface area contributed by atoms with E-state index in [-0.39, 0.29) is 6.03 Å². The zero-order valence-electron chi connectivity index (χ0n) is 11.4. The molecule has 1 aromatic carbocycles. The molecule has 1 heterocycles. The first-order valence-corrected chi connectivity index (χ1v) is 6.13. The molecule has 104 valence electrons. The van der Waals surface area contributed by atoms with Crippen LogP contribution in [0.1, 0.15) is 5.56 Å². The number of hydrogen-bond acceptors (Lipinski definition) is 5. The van der Waals surface area contributed by atoms with Gasteiger partial charge in [-0.2, -0.15) is 0 Å². The van der Waals surface area contributed by atoms with Crippen LogP contribution in [0.15, 0.2) is 36.7 Å². The second-order valence-corrected chi connectivity index (χ2v) is 4.09. The van der Waals surface area contributed by atoms with Crippen LogP contribution in [0.4, 0.5) is 16.4 Å². The van der Waals surface area contributed by atoms with E-state index in [4.69, 9.17) is 0 Å². The zero-order chi connectivity index (χ0) is 14.4. The topological polar surface area (TPSA) is 83.0 Å². The summed E-state index contributed by atoms with van der Waals surface area (Å²) in [6, 6.07) is 9.43. The Bertz CT molecular complexity index is 574. The third-order valence-electron chi connectivity index (χ3n) is 2.75. The molecule has 2 aromatic rings. The highest BCUT2D eigenvalue weighted by molar-refractivity contribution is 5.92. The Labute approximate surface area is 117 Å². The zero-order valence-corrected chi connectivity index (χ0v) is 11.4. The van der Waals surface area contributed by atoms with E-state index in [1.165, 1.54) is 11.2 Å². The summed E-state index contributed by atoms with van der Waals surface area (Å²) in [5.74, 6) is 0.873. The monoisotopic (exact) mass is 272 g/mol. The van der Waals surface area contributed by atoms with Crippen LogP contribution in [0.2, 0.25) is 0 Å². The van der Waals surface area contributed by atoms with Gasteiger partial charge >= 0.3 is 6.03 Å². The largest absolute Gasteiger partial charge is 0.369 e. The molecule has 0 atom stereocenters. The van der Waals surface area contributed by atoms with Gasteiger partial charge in [0.2, 0.25) is 0 Å². The quantitative estimate of drug-likeness (QED) is 0.875. The van der Waals surface area contributed by atoms with E-state index in [9.17, 15) is 4.79 Å². The highest BCUT2D eigenvalue weighted by atomic mass is 16.2. The van der Waals surface area contributed by atoms with Gasteiger partial charge in [0.15, 0.2) is 11.6 Å². The number of nitrogens with one attached hydrogen (secondary N) is 2. The standard InChI is InChI=1S/C13H16N6O/c1-14-11-12(16-9-17-18-11)19(2)13(20)15-8-10-6-4-3-5-7-10/h3-7,9H,8H2,1-2H3,(H,14,18)(H,15,20). The van der Waals surface area contributed by atoms with Crippen molar-refractivity contribution in [2.24, 2.45) is 0 Å². The number of amides is 2. The normalized spacial score (nSPS) is 9.90. The lowest BCUT2D eigenvalue weighted by Crippen LogP contribution is -2.37. The van der Waals surface area contributed by atoms with Crippen molar-refractivity contribution in [1.82, 2.24) is 20.5 Å². The number of rotatable bonds is 4. The van der Waals surface area contributed by atoms with Crippen molar-refractivity contribution in [1.29, 1.82) is 0 Å². The Kier molecular flexibility index (Phi) is 4.43. The summed E-state index contributed by atoms with van der Waals surface area (Å²) >= 11 is 0. The number of carbonyl (C=O) groups is 1. The van der Waals surface area contributed by atoms with Crippen LogP contribution in [0.25, 0.3) is 0 Å². The minimum Gasteiger partial charge on any atom is -0.369 e. The van der Waals surface area contributed by atoms with Gasteiger partial charge in [0, 0.05) is 20.6 Å². The lowest BCUT2D eigenvalue weighted by atomic mass is 10.2. The van der Waals surface area contributed by atoms with Crippen LogP contribution in [0.5, 0.6) is 0 Å². The molecule has 0 spiro atoms. The van der Waals surface area contributed by atoms with Gasteiger partial charge in [-0.1, -0.05) is 30.3 Å². The van der Waals surface area contributed by atoms with E-state index in [0.717, 1.165) is 5.56 Å². The maximum Gasteiger partial charge on any atom is 0.323 e. The molecule has 0 aliphatic heterocycles. The molecular weight excluding hydrogens is 256 g/mol. The number of urea groups is 1. The molecule has 1 aromatic heterocycles. The summed E-state index contributed by atoms with van der Waals surface area (Å²) < 4.78 is 0. The fourth-order valence-corrected chi connectivity index (χ4v) is 1.67. The average molecular weight is 272 g/mol. The van der Waals surface area contributed by atoms with Gasteiger partial charge in [-0.05, 0) is 5.56 Å². The van der Waals surface area contributed by atoms with Crippen molar-refractivity contribution in [3.63, 3.8) is 0 Å². The number of aromatic nitrogens is 3. The number of hydrogen-bond donors (Lipinski definition) is 2. The van der Waals surface area contributed by atoms with E-state index in [1.807, 2.05) is 30.3 Å². The first-order chi connectivity index (χ1) is 9.72. The Balaban J connectivity index is 2.02. The van der Waals surface area contributed by atoms with Gasteiger partial charge in [0.1, 0.15) is 6.33 Å². The summed E-state index contributed by atoms with van der Waals surface area (Å²) in [6.07, 6.45) is 1.30. The molecule has 0 radical (unpaired) electrons. The van der Waals surface area contributed by atoms with Crippen molar-refractivity contribution in [3.8, 4) is 0 Å². The van der Waals surface area contributed by atoms with E-state index in [0.29, 0.717) is 18.2 Å². The number of carbonyl (C=O) groups excluding carboxylic acids is 1. The lowest BCUT2D eigenvalue weighted by Gasteiger charge is -2.18. The molecule has 2 rings (SSSR count). The van der Waals surface area contributed by atoms with Crippen molar-refractivity contribution in [3.05, 3.63) is 42.2 Å². The predicted octanol–water partition coefficient (Wildman–Crippen LogP) is 1.26. The van der Waals surface area contributed by atoms with Crippen LogP contribution in [0.3, 0.4) is 0 Å². The fraction of sp³-hybridized carbons (Fsp3) is 0.231. The van der Waals surface area contributed by atoms with E-state index in [1.54, 1.807) is 14.1 Å². The second-order valence-electron chi connectivity index (χ2n) is 4.09. The molecule has 0 bridgehead atoms. The smallest absolute Gasteiger partial charge is 0.323 e.